The van der Waals surface area contributed by atoms with E-state index in [-0.39, 0.29) is 17.8 Å². The summed E-state index contributed by atoms with van der Waals surface area (Å²) in [6.07, 6.45) is 6.43. The predicted molar refractivity (Wildman–Crippen MR) is 83.5 cm³/mol. The zero-order valence-electron chi connectivity index (χ0n) is 13.7. The summed E-state index contributed by atoms with van der Waals surface area (Å²) in [5.41, 5.74) is -0.0126. The number of rotatable bonds is 4. The second-order valence-corrected chi connectivity index (χ2v) is 7.06. The maximum atomic E-state index is 12.2. The molecule has 1 aliphatic carbocycles. The summed E-state index contributed by atoms with van der Waals surface area (Å²) < 4.78 is 10.9. The van der Waals surface area contributed by atoms with Gasteiger partial charge in [0.05, 0.1) is 11.8 Å². The highest BCUT2D eigenvalue weighted by molar-refractivity contribution is 5.72. The van der Waals surface area contributed by atoms with Crippen LogP contribution in [0.15, 0.2) is 29.0 Å². The standard InChI is InChI=1S/C17H21N3O3/c1-16(2,3)22-13(21)11-17(7-4-8-17)15-19-14(20-23-15)12-5-9-18-10-6-12/h5-6,9-10H,4,7-8,11H2,1-3H3. The molecule has 1 fully saturated rings. The third-order valence-electron chi connectivity index (χ3n) is 4.03. The van der Waals surface area contributed by atoms with Crippen LogP contribution in [-0.4, -0.2) is 26.7 Å². The average molecular weight is 315 g/mol. The van der Waals surface area contributed by atoms with Crippen LogP contribution >= 0.6 is 0 Å². The van der Waals surface area contributed by atoms with Crippen molar-refractivity contribution in [3.05, 3.63) is 30.4 Å². The molecule has 122 valence electrons. The molecule has 23 heavy (non-hydrogen) atoms. The van der Waals surface area contributed by atoms with Crippen molar-refractivity contribution in [3.8, 4) is 11.4 Å². The number of pyridine rings is 1. The van der Waals surface area contributed by atoms with Crippen molar-refractivity contribution < 1.29 is 14.1 Å². The number of carbonyl (C=O) groups is 1. The van der Waals surface area contributed by atoms with E-state index < -0.39 is 5.60 Å². The van der Waals surface area contributed by atoms with Crippen LogP contribution in [-0.2, 0) is 14.9 Å². The van der Waals surface area contributed by atoms with Crippen LogP contribution in [0.3, 0.4) is 0 Å². The summed E-state index contributed by atoms with van der Waals surface area (Å²) >= 11 is 0. The first-order chi connectivity index (χ1) is 10.9. The van der Waals surface area contributed by atoms with E-state index in [2.05, 4.69) is 15.1 Å². The van der Waals surface area contributed by atoms with E-state index in [1.807, 2.05) is 32.9 Å². The van der Waals surface area contributed by atoms with Crippen molar-refractivity contribution in [2.24, 2.45) is 0 Å². The Bertz CT molecular complexity index is 685. The van der Waals surface area contributed by atoms with Crippen LogP contribution < -0.4 is 0 Å². The Labute approximate surface area is 135 Å². The smallest absolute Gasteiger partial charge is 0.307 e. The Hall–Kier alpha value is -2.24. The summed E-state index contributed by atoms with van der Waals surface area (Å²) in [5.74, 6) is 0.833. The number of nitrogens with zero attached hydrogens (tertiary/aromatic N) is 3. The van der Waals surface area contributed by atoms with Crippen LogP contribution in [0.2, 0.25) is 0 Å². The van der Waals surface area contributed by atoms with Crippen LogP contribution in [0.5, 0.6) is 0 Å². The van der Waals surface area contributed by atoms with Gasteiger partial charge in [0.2, 0.25) is 11.7 Å². The number of ether oxygens (including phenoxy) is 1. The Morgan fingerprint density at radius 2 is 2.00 bits per heavy atom. The minimum Gasteiger partial charge on any atom is -0.460 e. The zero-order valence-corrected chi connectivity index (χ0v) is 13.7. The summed E-state index contributed by atoms with van der Waals surface area (Å²) in [7, 11) is 0. The molecular weight excluding hydrogens is 294 g/mol. The lowest BCUT2D eigenvalue weighted by Gasteiger charge is -2.38. The van der Waals surface area contributed by atoms with Gasteiger partial charge >= 0.3 is 5.97 Å². The molecule has 0 aromatic carbocycles. The second-order valence-electron chi connectivity index (χ2n) is 7.06. The van der Waals surface area contributed by atoms with Crippen molar-refractivity contribution >= 4 is 5.97 Å². The molecule has 0 atom stereocenters. The van der Waals surface area contributed by atoms with Crippen molar-refractivity contribution in [2.45, 2.75) is 57.5 Å². The van der Waals surface area contributed by atoms with Gasteiger partial charge in [-0.05, 0) is 45.7 Å². The van der Waals surface area contributed by atoms with E-state index >= 15 is 0 Å². The van der Waals surface area contributed by atoms with Gasteiger partial charge in [0.15, 0.2) is 0 Å². The Balaban J connectivity index is 1.79. The Morgan fingerprint density at radius 1 is 1.30 bits per heavy atom. The first-order valence-corrected chi connectivity index (χ1v) is 7.84. The van der Waals surface area contributed by atoms with Crippen molar-refractivity contribution in [1.82, 2.24) is 15.1 Å². The minimum absolute atomic E-state index is 0.221. The molecule has 3 rings (SSSR count). The van der Waals surface area contributed by atoms with Gasteiger partial charge in [-0.1, -0.05) is 11.6 Å². The molecule has 2 aromatic rings. The monoisotopic (exact) mass is 315 g/mol. The van der Waals surface area contributed by atoms with E-state index in [1.165, 1.54) is 0 Å². The number of hydrogen-bond donors (Lipinski definition) is 0. The van der Waals surface area contributed by atoms with E-state index in [0.717, 1.165) is 24.8 Å². The predicted octanol–water partition coefficient (Wildman–Crippen LogP) is 3.29. The van der Waals surface area contributed by atoms with E-state index in [0.29, 0.717) is 11.7 Å². The summed E-state index contributed by atoms with van der Waals surface area (Å²) in [4.78, 5) is 20.7. The molecule has 0 aliphatic heterocycles. The molecule has 1 saturated carbocycles. The fourth-order valence-corrected chi connectivity index (χ4v) is 2.78. The third-order valence-corrected chi connectivity index (χ3v) is 4.03. The third kappa shape index (κ3) is 3.41. The van der Waals surface area contributed by atoms with E-state index in [1.54, 1.807) is 12.4 Å². The molecule has 6 nitrogen and oxygen atoms in total. The summed E-state index contributed by atoms with van der Waals surface area (Å²) in [6, 6.07) is 3.66. The van der Waals surface area contributed by atoms with Crippen LogP contribution in [0.25, 0.3) is 11.4 Å². The van der Waals surface area contributed by atoms with Gasteiger partial charge in [-0.25, -0.2) is 0 Å². The maximum Gasteiger partial charge on any atom is 0.307 e. The summed E-state index contributed by atoms with van der Waals surface area (Å²) in [5, 5.41) is 4.05. The normalized spacial score (nSPS) is 16.7. The zero-order chi connectivity index (χ0) is 16.5. The van der Waals surface area contributed by atoms with Crippen LogP contribution in [0.1, 0.15) is 52.3 Å². The van der Waals surface area contributed by atoms with Crippen LogP contribution in [0.4, 0.5) is 0 Å². The van der Waals surface area contributed by atoms with Gasteiger partial charge < -0.3 is 9.26 Å². The highest BCUT2D eigenvalue weighted by Crippen LogP contribution is 2.46. The molecule has 1 aliphatic rings. The molecule has 6 heteroatoms. The van der Waals surface area contributed by atoms with E-state index in [9.17, 15) is 4.79 Å². The van der Waals surface area contributed by atoms with Crippen molar-refractivity contribution in [3.63, 3.8) is 0 Å². The Morgan fingerprint density at radius 3 is 2.57 bits per heavy atom. The molecule has 0 N–H and O–H groups in total. The molecule has 2 heterocycles. The van der Waals surface area contributed by atoms with Crippen molar-refractivity contribution in [2.75, 3.05) is 0 Å². The fourth-order valence-electron chi connectivity index (χ4n) is 2.78. The lowest BCUT2D eigenvalue weighted by molar-refractivity contribution is -0.157. The van der Waals surface area contributed by atoms with Gasteiger partial charge in [-0.3, -0.25) is 9.78 Å². The van der Waals surface area contributed by atoms with Gasteiger partial charge in [-0.2, -0.15) is 4.98 Å². The molecule has 0 unspecified atom stereocenters. The number of hydrogen-bond acceptors (Lipinski definition) is 6. The lowest BCUT2D eigenvalue weighted by Crippen LogP contribution is -2.39. The second kappa shape index (κ2) is 5.76. The maximum absolute atomic E-state index is 12.2. The van der Waals surface area contributed by atoms with Crippen LogP contribution in [0, 0.1) is 0 Å². The number of aromatic nitrogens is 3. The number of carbonyl (C=O) groups excluding carboxylic acids is 1. The average Bonchev–Trinajstić information content (AvgIpc) is 2.92. The van der Waals surface area contributed by atoms with Gasteiger partial charge in [0.1, 0.15) is 5.60 Å². The topological polar surface area (TPSA) is 78.1 Å². The quantitative estimate of drug-likeness (QED) is 0.806. The molecule has 0 spiro atoms. The molecule has 2 aromatic heterocycles. The molecule has 0 saturated heterocycles. The Kier molecular flexibility index (Phi) is 3.92. The molecule has 0 amide bonds. The first-order valence-electron chi connectivity index (χ1n) is 7.84. The molecule has 0 radical (unpaired) electrons. The first kappa shape index (κ1) is 15.6. The van der Waals surface area contributed by atoms with Gasteiger partial charge in [-0.15, -0.1) is 0 Å². The minimum atomic E-state index is -0.487. The summed E-state index contributed by atoms with van der Waals surface area (Å²) in [6.45, 7) is 5.60. The van der Waals surface area contributed by atoms with E-state index in [4.69, 9.17) is 9.26 Å². The SMILES string of the molecule is CC(C)(C)OC(=O)CC1(c2nc(-c3ccncc3)no2)CCC1. The van der Waals surface area contributed by atoms with Gasteiger partial charge in [0.25, 0.3) is 0 Å². The lowest BCUT2D eigenvalue weighted by atomic mass is 9.66. The molecule has 0 bridgehead atoms. The largest absolute Gasteiger partial charge is 0.460 e. The number of esters is 1. The highest BCUT2D eigenvalue weighted by atomic mass is 16.6. The highest BCUT2D eigenvalue weighted by Gasteiger charge is 2.46. The molecular formula is C17H21N3O3. The van der Waals surface area contributed by atoms with Crippen molar-refractivity contribution in [1.29, 1.82) is 0 Å². The van der Waals surface area contributed by atoms with Gasteiger partial charge in [0, 0.05) is 18.0 Å². The fraction of sp³-hybridized carbons (Fsp3) is 0.529.